The number of rotatable bonds is 2. The summed E-state index contributed by atoms with van der Waals surface area (Å²) in [5.41, 5.74) is 0. The van der Waals surface area contributed by atoms with Crippen LogP contribution in [0.5, 0.6) is 0 Å². The molecule has 0 spiro atoms. The van der Waals surface area contributed by atoms with Crippen LogP contribution in [0.2, 0.25) is 33.2 Å². The van der Waals surface area contributed by atoms with Gasteiger partial charge in [0.2, 0.25) is 0 Å². The first-order chi connectivity index (χ1) is 9.50. The lowest BCUT2D eigenvalue weighted by Gasteiger charge is -2.65. The van der Waals surface area contributed by atoms with E-state index in [0.717, 1.165) is 0 Å². The standard InChI is InChI=1S/C18H42Br2Si3/c1-15(2,3)21(13,16(4,5)6)23(19,20)22(14,17(7,8)9)18(10,11)12/h1-14H3. The fourth-order valence-corrected chi connectivity index (χ4v) is 93.5. The SMILES string of the molecule is CC(C)(C)[Si](C)(C(C)(C)C)[Si](Br)(Br)[Si](C)(C(C)(C)C)C(C)(C)C. The Balaban J connectivity index is 6.94. The van der Waals surface area contributed by atoms with Gasteiger partial charge in [-0.05, 0) is 20.2 Å². The minimum atomic E-state index is -1.85. The minimum Gasteiger partial charge on any atom is -0.118 e. The van der Waals surface area contributed by atoms with E-state index in [9.17, 15) is 0 Å². The predicted molar refractivity (Wildman–Crippen MR) is 126 cm³/mol. The monoisotopic (exact) mass is 500 g/mol. The summed E-state index contributed by atoms with van der Waals surface area (Å²) in [6.45, 7) is 35.3. The zero-order valence-corrected chi connectivity index (χ0v) is 24.4. The van der Waals surface area contributed by atoms with E-state index in [1.165, 1.54) is 0 Å². The molecular formula is C18H42Br2Si3. The lowest BCUT2D eigenvalue weighted by molar-refractivity contribution is 0.626. The normalized spacial score (nSPS) is 16.7. The predicted octanol–water partition coefficient (Wildman–Crippen LogP) is 8.73. The fraction of sp³-hybridized carbons (Fsp3) is 1.00. The van der Waals surface area contributed by atoms with Gasteiger partial charge in [-0.15, -0.1) is 30.6 Å². The van der Waals surface area contributed by atoms with Gasteiger partial charge in [0.05, 0.1) is 15.2 Å². The highest BCUT2D eigenvalue weighted by molar-refractivity contribution is 9.55. The fourth-order valence-electron chi connectivity index (χ4n) is 4.63. The van der Waals surface area contributed by atoms with Gasteiger partial charge in [0.25, 0.3) is 0 Å². The molecule has 5 heteroatoms. The van der Waals surface area contributed by atoms with Crippen molar-refractivity contribution >= 4 is 50.1 Å². The van der Waals surface area contributed by atoms with Crippen molar-refractivity contribution < 1.29 is 0 Å². The van der Waals surface area contributed by atoms with Gasteiger partial charge in [0, 0.05) is 0 Å². The Morgan fingerprint density at radius 1 is 0.435 bits per heavy atom. The number of hydrogen-bond donors (Lipinski definition) is 0. The second-order valence-corrected chi connectivity index (χ2v) is 54.6. The third-order valence-electron chi connectivity index (χ3n) is 7.26. The second-order valence-electron chi connectivity index (χ2n) is 11.8. The molecule has 0 saturated carbocycles. The summed E-state index contributed by atoms with van der Waals surface area (Å²) in [6, 6.07) is 0. The zero-order chi connectivity index (χ0) is 19.5. The molecule has 0 radical (unpaired) electrons. The summed E-state index contributed by atoms with van der Waals surface area (Å²) in [5.74, 6) is 0. The first kappa shape index (κ1) is 24.6. The lowest BCUT2D eigenvalue weighted by Crippen LogP contribution is -2.79. The Morgan fingerprint density at radius 3 is 0.652 bits per heavy atom. The van der Waals surface area contributed by atoms with Gasteiger partial charge in [-0.3, -0.25) is 0 Å². The summed E-state index contributed by atoms with van der Waals surface area (Å²) >= 11 is 9.10. The van der Waals surface area contributed by atoms with E-state index in [1.807, 2.05) is 0 Å². The maximum atomic E-state index is 4.55. The quantitative estimate of drug-likeness (QED) is 0.262. The summed E-state index contributed by atoms with van der Waals surface area (Å²) in [4.78, 5) is 0. The van der Waals surface area contributed by atoms with Crippen molar-refractivity contribution in [3.05, 3.63) is 0 Å². The maximum Gasteiger partial charge on any atom is 0.183 e. The second kappa shape index (κ2) is 6.35. The highest BCUT2D eigenvalue weighted by Crippen LogP contribution is 2.67. The first-order valence-electron chi connectivity index (χ1n) is 8.88. The molecule has 23 heavy (non-hydrogen) atoms. The first-order valence-corrected chi connectivity index (χ1v) is 22.4. The largest absolute Gasteiger partial charge is 0.183 e. The third kappa shape index (κ3) is 3.57. The van der Waals surface area contributed by atoms with Crippen molar-refractivity contribution in [2.45, 2.75) is 116 Å². The van der Waals surface area contributed by atoms with Crippen LogP contribution in [0, 0.1) is 0 Å². The van der Waals surface area contributed by atoms with Crippen molar-refractivity contribution in [3.8, 4) is 0 Å². The molecule has 0 N–H and O–H groups in total. The molecular weight excluding hydrogens is 460 g/mol. The Kier molecular flexibility index (Phi) is 6.79. The van der Waals surface area contributed by atoms with Crippen molar-refractivity contribution in [1.82, 2.24) is 0 Å². The van der Waals surface area contributed by atoms with Gasteiger partial charge in [0.1, 0.15) is 0 Å². The molecule has 0 amide bonds. The van der Waals surface area contributed by atoms with Crippen LogP contribution in [-0.2, 0) is 0 Å². The lowest BCUT2D eigenvalue weighted by atomic mass is 10.2. The van der Waals surface area contributed by atoms with Gasteiger partial charge in [-0.2, -0.15) is 0 Å². The van der Waals surface area contributed by atoms with Crippen molar-refractivity contribution in [2.75, 3.05) is 0 Å². The Bertz CT molecular complexity index is 361. The van der Waals surface area contributed by atoms with E-state index in [4.69, 9.17) is 0 Å². The molecule has 0 bridgehead atoms. The van der Waals surface area contributed by atoms with E-state index in [2.05, 4.69) is 127 Å². The summed E-state index contributed by atoms with van der Waals surface area (Å²) in [5, 5.41) is 1.43. The smallest absolute Gasteiger partial charge is 0.118 e. The Hall–Kier alpha value is 1.61. The van der Waals surface area contributed by atoms with Crippen LogP contribution < -0.4 is 0 Å². The highest BCUT2D eigenvalue weighted by atomic mass is 79.9. The number of halogens is 2. The third-order valence-corrected chi connectivity index (χ3v) is 75.9. The Labute approximate surface area is 165 Å². The minimum absolute atomic E-state index is 0.356. The summed E-state index contributed by atoms with van der Waals surface area (Å²) in [7, 11) is -3.40. The van der Waals surface area contributed by atoms with E-state index >= 15 is 0 Å². The molecule has 0 aromatic carbocycles. The molecule has 0 rings (SSSR count). The molecule has 0 saturated heterocycles. The van der Waals surface area contributed by atoms with E-state index in [1.54, 1.807) is 0 Å². The zero-order valence-electron chi connectivity index (χ0n) is 18.3. The van der Waals surface area contributed by atoms with Gasteiger partial charge in [0.15, 0.2) is 4.35 Å². The molecule has 0 unspecified atom stereocenters. The van der Waals surface area contributed by atoms with Crippen LogP contribution in [0.15, 0.2) is 0 Å². The average Bonchev–Trinajstić information content (AvgIpc) is 2.19. The van der Waals surface area contributed by atoms with Crippen molar-refractivity contribution in [2.24, 2.45) is 0 Å². The van der Waals surface area contributed by atoms with Crippen LogP contribution in [0.4, 0.5) is 0 Å². The topological polar surface area (TPSA) is 0 Å². The van der Waals surface area contributed by atoms with E-state index < -0.39 is 19.5 Å². The van der Waals surface area contributed by atoms with Crippen LogP contribution in [0.25, 0.3) is 0 Å². The van der Waals surface area contributed by atoms with Crippen LogP contribution in [0.3, 0.4) is 0 Å². The van der Waals surface area contributed by atoms with Crippen molar-refractivity contribution in [1.29, 1.82) is 0 Å². The number of hydrogen-bond acceptors (Lipinski definition) is 0. The molecule has 0 aromatic rings. The molecule has 0 aliphatic heterocycles. The van der Waals surface area contributed by atoms with Gasteiger partial charge < -0.3 is 0 Å². The maximum absolute atomic E-state index is 4.55. The molecule has 0 atom stereocenters. The summed E-state index contributed by atoms with van der Waals surface area (Å²) in [6.07, 6.45) is 0. The highest BCUT2D eigenvalue weighted by Gasteiger charge is 2.73. The molecule has 0 nitrogen and oxygen atoms in total. The molecule has 0 aromatic heterocycles. The average molecular weight is 503 g/mol. The van der Waals surface area contributed by atoms with Crippen LogP contribution in [-0.4, -0.2) is 19.5 Å². The van der Waals surface area contributed by atoms with Gasteiger partial charge in [-0.25, -0.2) is 0 Å². The van der Waals surface area contributed by atoms with E-state index in [-0.39, 0.29) is 0 Å². The molecule has 0 aliphatic carbocycles. The van der Waals surface area contributed by atoms with Crippen LogP contribution in [0.1, 0.15) is 83.1 Å². The van der Waals surface area contributed by atoms with Crippen molar-refractivity contribution in [3.63, 3.8) is 0 Å². The molecule has 0 aliphatic rings. The Morgan fingerprint density at radius 2 is 0.565 bits per heavy atom. The molecule has 0 heterocycles. The molecule has 140 valence electrons. The van der Waals surface area contributed by atoms with Gasteiger partial charge >= 0.3 is 0 Å². The van der Waals surface area contributed by atoms with Crippen LogP contribution >= 0.6 is 30.6 Å². The van der Waals surface area contributed by atoms with Gasteiger partial charge in [-0.1, -0.05) is 96.2 Å². The van der Waals surface area contributed by atoms with E-state index in [0.29, 0.717) is 20.2 Å². The summed E-state index contributed by atoms with van der Waals surface area (Å²) < 4.78 is -1.85. The molecule has 0 fully saturated rings.